The quantitative estimate of drug-likeness (QED) is 0.654. The molecule has 0 radical (unpaired) electrons. The molecule has 3 N–H and O–H groups in total. The topological polar surface area (TPSA) is 88.5 Å². The number of aryl methyl sites for hydroxylation is 2. The highest BCUT2D eigenvalue weighted by atomic mass is 32.2. The number of nitrogens with one attached hydrogen (secondary N) is 1. The van der Waals surface area contributed by atoms with Crippen LogP contribution in [0.3, 0.4) is 0 Å². The van der Waals surface area contributed by atoms with Gasteiger partial charge in [-0.05, 0) is 48.8 Å². The van der Waals surface area contributed by atoms with E-state index in [4.69, 9.17) is 11.1 Å². The molecule has 88 valence electrons. The fraction of sp³-hybridized carbons (Fsp3) is 0.200. The van der Waals surface area contributed by atoms with E-state index >= 15 is 0 Å². The molecule has 0 saturated heterocycles. The van der Waals surface area contributed by atoms with Crippen LogP contribution in [-0.2, 0) is 0 Å². The van der Waals surface area contributed by atoms with Crippen LogP contribution in [0.15, 0.2) is 21.6 Å². The second kappa shape index (κ2) is 4.80. The zero-order valence-corrected chi connectivity index (χ0v) is 11.0. The van der Waals surface area contributed by atoms with E-state index in [-0.39, 0.29) is 5.84 Å². The summed E-state index contributed by atoms with van der Waals surface area (Å²) >= 11 is 2.71. The molecular formula is C10H11N5S2. The molecular weight excluding hydrogens is 254 g/mol. The zero-order chi connectivity index (χ0) is 12.4. The second-order valence-electron chi connectivity index (χ2n) is 3.43. The van der Waals surface area contributed by atoms with Crippen LogP contribution in [0.2, 0.25) is 0 Å². The van der Waals surface area contributed by atoms with Crippen LogP contribution in [-0.4, -0.2) is 20.2 Å². The third-order valence-electron chi connectivity index (χ3n) is 2.09. The number of nitrogen functional groups attached to an aromatic ring is 1. The van der Waals surface area contributed by atoms with E-state index in [1.54, 1.807) is 6.20 Å². The molecule has 2 heterocycles. The van der Waals surface area contributed by atoms with Gasteiger partial charge in [0.1, 0.15) is 16.7 Å². The molecule has 0 fully saturated rings. The largest absolute Gasteiger partial charge is 0.384 e. The molecule has 0 saturated carbocycles. The van der Waals surface area contributed by atoms with Crippen LogP contribution >= 0.6 is 23.3 Å². The molecule has 5 nitrogen and oxygen atoms in total. The Labute approximate surface area is 107 Å². The summed E-state index contributed by atoms with van der Waals surface area (Å²) < 4.78 is 4.92. The van der Waals surface area contributed by atoms with Crippen molar-refractivity contribution in [2.24, 2.45) is 5.73 Å². The zero-order valence-electron chi connectivity index (χ0n) is 9.39. The first-order chi connectivity index (χ1) is 8.08. The van der Waals surface area contributed by atoms with Crippen molar-refractivity contribution in [1.82, 2.24) is 14.3 Å². The molecule has 0 unspecified atom stereocenters. The van der Waals surface area contributed by atoms with E-state index in [2.05, 4.69) is 14.3 Å². The van der Waals surface area contributed by atoms with E-state index in [1.807, 2.05) is 19.9 Å². The molecule has 0 spiro atoms. The summed E-state index contributed by atoms with van der Waals surface area (Å²) in [6, 6.07) is 1.84. The van der Waals surface area contributed by atoms with Gasteiger partial charge in [0.2, 0.25) is 0 Å². The predicted molar refractivity (Wildman–Crippen MR) is 68.8 cm³/mol. The number of amidine groups is 1. The Hall–Kier alpha value is -1.47. The minimum Gasteiger partial charge on any atom is -0.384 e. The van der Waals surface area contributed by atoms with Gasteiger partial charge in [0, 0.05) is 6.20 Å². The van der Waals surface area contributed by atoms with Crippen molar-refractivity contribution in [3.8, 4) is 0 Å². The molecule has 0 bridgehead atoms. The van der Waals surface area contributed by atoms with E-state index in [0.717, 1.165) is 15.7 Å². The molecule has 0 aromatic carbocycles. The summed E-state index contributed by atoms with van der Waals surface area (Å²) in [5, 5.41) is 8.28. The van der Waals surface area contributed by atoms with Crippen LogP contribution in [0.4, 0.5) is 0 Å². The molecule has 2 aromatic heterocycles. The summed E-state index contributed by atoms with van der Waals surface area (Å²) in [7, 11) is 0. The lowest BCUT2D eigenvalue weighted by Crippen LogP contribution is -2.14. The molecule has 0 atom stereocenters. The maximum atomic E-state index is 7.58. The highest BCUT2D eigenvalue weighted by molar-refractivity contribution is 8.01. The summed E-state index contributed by atoms with van der Waals surface area (Å²) in [6.45, 7) is 3.75. The minimum absolute atomic E-state index is 0.0272. The second-order valence-corrected chi connectivity index (χ2v) is 5.42. The van der Waals surface area contributed by atoms with Crippen LogP contribution < -0.4 is 5.73 Å². The van der Waals surface area contributed by atoms with Gasteiger partial charge in [0.15, 0.2) is 4.34 Å². The fourth-order valence-corrected chi connectivity index (χ4v) is 3.09. The molecule has 0 aliphatic rings. The van der Waals surface area contributed by atoms with Gasteiger partial charge in [0.05, 0.1) is 5.56 Å². The standard InChI is InChI=1S/C10H11N5S2/c1-5-3-4-13-9(7(5)8(11)12)16-10-14-6(2)15-17-10/h3-4H,1-2H3,(H3,11,12). The SMILES string of the molecule is Cc1nsc(Sc2nccc(C)c2C(=N)N)n1. The first-order valence-electron chi connectivity index (χ1n) is 4.86. The van der Waals surface area contributed by atoms with Crippen LogP contribution in [0.5, 0.6) is 0 Å². The first kappa shape index (κ1) is 12.0. The highest BCUT2D eigenvalue weighted by Gasteiger charge is 2.13. The molecule has 2 aromatic rings. The van der Waals surface area contributed by atoms with Gasteiger partial charge in [-0.15, -0.1) is 0 Å². The Bertz CT molecular complexity index is 564. The predicted octanol–water partition coefficient (Wildman–Crippen LogP) is 1.99. The number of nitrogens with zero attached hydrogens (tertiary/aromatic N) is 3. The van der Waals surface area contributed by atoms with E-state index in [0.29, 0.717) is 10.6 Å². The molecule has 17 heavy (non-hydrogen) atoms. The molecule has 0 aliphatic heterocycles. The van der Waals surface area contributed by atoms with Crippen molar-refractivity contribution in [1.29, 1.82) is 5.41 Å². The average molecular weight is 265 g/mol. The number of hydrogen-bond acceptors (Lipinski definition) is 6. The molecule has 0 aliphatic carbocycles. The number of rotatable bonds is 3. The van der Waals surface area contributed by atoms with Crippen LogP contribution in [0, 0.1) is 19.3 Å². The smallest absolute Gasteiger partial charge is 0.176 e. The average Bonchev–Trinajstić information content (AvgIpc) is 2.63. The molecule has 7 heteroatoms. The summed E-state index contributed by atoms with van der Waals surface area (Å²) in [6.07, 6.45) is 1.71. The third kappa shape index (κ3) is 2.62. The number of nitrogens with two attached hydrogens (primary N) is 1. The van der Waals surface area contributed by atoms with Gasteiger partial charge in [0.25, 0.3) is 0 Å². The van der Waals surface area contributed by atoms with Crippen molar-refractivity contribution in [2.75, 3.05) is 0 Å². The van der Waals surface area contributed by atoms with Crippen LogP contribution in [0.1, 0.15) is 17.0 Å². The van der Waals surface area contributed by atoms with E-state index in [1.165, 1.54) is 23.3 Å². The van der Waals surface area contributed by atoms with Gasteiger partial charge in [-0.3, -0.25) is 5.41 Å². The Kier molecular flexibility index (Phi) is 3.39. The van der Waals surface area contributed by atoms with Gasteiger partial charge in [-0.1, -0.05) is 0 Å². The summed E-state index contributed by atoms with van der Waals surface area (Å²) in [5.41, 5.74) is 7.18. The highest BCUT2D eigenvalue weighted by Crippen LogP contribution is 2.30. The van der Waals surface area contributed by atoms with Crippen molar-refractivity contribution < 1.29 is 0 Å². The fourth-order valence-electron chi connectivity index (χ4n) is 1.34. The number of pyridine rings is 1. The van der Waals surface area contributed by atoms with Crippen molar-refractivity contribution in [3.05, 3.63) is 29.2 Å². The lowest BCUT2D eigenvalue weighted by molar-refractivity contribution is 1.07. The van der Waals surface area contributed by atoms with Crippen molar-refractivity contribution in [2.45, 2.75) is 23.2 Å². The normalized spacial score (nSPS) is 10.5. The maximum absolute atomic E-state index is 7.58. The third-order valence-corrected chi connectivity index (χ3v) is 3.93. The summed E-state index contributed by atoms with van der Waals surface area (Å²) in [4.78, 5) is 8.50. The van der Waals surface area contributed by atoms with Crippen molar-refractivity contribution in [3.63, 3.8) is 0 Å². The number of hydrogen-bond donors (Lipinski definition) is 2. The van der Waals surface area contributed by atoms with Crippen LogP contribution in [0.25, 0.3) is 0 Å². The minimum atomic E-state index is 0.0272. The Morgan fingerprint density at radius 1 is 1.47 bits per heavy atom. The lowest BCUT2D eigenvalue weighted by atomic mass is 10.1. The summed E-state index contributed by atoms with van der Waals surface area (Å²) in [5.74, 6) is 0.772. The van der Waals surface area contributed by atoms with Crippen molar-refractivity contribution >= 4 is 29.1 Å². The van der Waals surface area contributed by atoms with Gasteiger partial charge in [-0.2, -0.15) is 4.37 Å². The van der Waals surface area contributed by atoms with Gasteiger partial charge in [-0.25, -0.2) is 9.97 Å². The first-order valence-corrected chi connectivity index (χ1v) is 6.45. The Balaban J connectivity index is 2.39. The van der Waals surface area contributed by atoms with E-state index < -0.39 is 0 Å². The van der Waals surface area contributed by atoms with E-state index in [9.17, 15) is 0 Å². The maximum Gasteiger partial charge on any atom is 0.176 e. The Morgan fingerprint density at radius 3 is 2.82 bits per heavy atom. The molecule has 0 amide bonds. The Morgan fingerprint density at radius 2 is 2.24 bits per heavy atom. The molecule has 2 rings (SSSR count). The monoisotopic (exact) mass is 265 g/mol. The lowest BCUT2D eigenvalue weighted by Gasteiger charge is -2.07. The van der Waals surface area contributed by atoms with Gasteiger partial charge < -0.3 is 5.73 Å². The van der Waals surface area contributed by atoms with Gasteiger partial charge >= 0.3 is 0 Å². The number of aromatic nitrogens is 3.